The summed E-state index contributed by atoms with van der Waals surface area (Å²) in [7, 11) is 0. The normalized spacial score (nSPS) is 21.3. The fourth-order valence-electron chi connectivity index (χ4n) is 2.56. The van der Waals surface area contributed by atoms with Gasteiger partial charge in [0, 0.05) is 11.6 Å². The Morgan fingerprint density at radius 2 is 2.10 bits per heavy atom. The highest BCUT2D eigenvalue weighted by Crippen LogP contribution is 2.19. The van der Waals surface area contributed by atoms with E-state index in [-0.39, 0.29) is 11.9 Å². The number of nitrogens with zero attached hydrogens (tertiary/aromatic N) is 1. The molecule has 1 unspecified atom stereocenters. The Bertz CT molecular complexity index is 535. The molecule has 3 N–H and O–H groups in total. The number of ether oxygens (including phenoxy) is 1. The topological polar surface area (TPSA) is 76.7 Å². The van der Waals surface area contributed by atoms with Crippen LogP contribution >= 0.6 is 0 Å². The van der Waals surface area contributed by atoms with Gasteiger partial charge in [0.2, 0.25) is 0 Å². The second kappa shape index (κ2) is 6.16. The maximum Gasteiger partial charge on any atom is 0.282 e. The molecule has 1 aliphatic carbocycles. The lowest BCUT2D eigenvalue weighted by molar-refractivity contribution is 0.0917. The highest BCUT2D eigenvalue weighted by atomic mass is 16.5. The molecule has 112 valence electrons. The van der Waals surface area contributed by atoms with E-state index in [0.29, 0.717) is 18.7 Å². The van der Waals surface area contributed by atoms with Crippen LogP contribution in [-0.2, 0) is 11.2 Å². The molecular formula is C16H21N3O2. The van der Waals surface area contributed by atoms with Crippen molar-refractivity contribution in [3.05, 3.63) is 35.4 Å². The fourth-order valence-corrected chi connectivity index (χ4v) is 2.56. The van der Waals surface area contributed by atoms with Crippen LogP contribution in [0.3, 0.4) is 0 Å². The summed E-state index contributed by atoms with van der Waals surface area (Å²) < 4.78 is 5.13. The minimum atomic E-state index is 0.0350. The van der Waals surface area contributed by atoms with E-state index >= 15 is 0 Å². The molecule has 1 aromatic carbocycles. The van der Waals surface area contributed by atoms with Gasteiger partial charge >= 0.3 is 0 Å². The zero-order chi connectivity index (χ0) is 14.7. The van der Waals surface area contributed by atoms with Gasteiger partial charge in [0.25, 0.3) is 11.9 Å². The molecule has 0 spiro atoms. The molecule has 1 amide bonds. The van der Waals surface area contributed by atoms with Gasteiger partial charge in [-0.25, -0.2) is 4.99 Å². The number of hydrogen-bond acceptors (Lipinski definition) is 4. The third-order valence-corrected chi connectivity index (χ3v) is 4.16. The number of hydrogen-bond donors (Lipinski definition) is 2. The summed E-state index contributed by atoms with van der Waals surface area (Å²) in [5.41, 5.74) is 7.42. The molecule has 1 fully saturated rings. The lowest BCUT2D eigenvalue weighted by atomic mass is 9.93. The lowest BCUT2D eigenvalue weighted by Crippen LogP contribution is -2.39. The van der Waals surface area contributed by atoms with E-state index in [1.54, 1.807) is 0 Å². The average Bonchev–Trinajstić information content (AvgIpc) is 2.87. The first-order chi connectivity index (χ1) is 10.2. The number of carbonyl (C=O) groups is 1. The molecule has 0 bridgehead atoms. The SMILES string of the molecule is NC1=NC(CCc2ccc(C(=O)NC3CCC3)cc2)CO1. The van der Waals surface area contributed by atoms with E-state index in [1.807, 2.05) is 24.3 Å². The first-order valence-electron chi connectivity index (χ1n) is 7.56. The number of aryl methyl sites for hydroxylation is 1. The van der Waals surface area contributed by atoms with Crippen molar-refractivity contribution in [2.24, 2.45) is 10.7 Å². The zero-order valence-corrected chi connectivity index (χ0v) is 12.0. The summed E-state index contributed by atoms with van der Waals surface area (Å²) in [6.07, 6.45) is 5.26. The third kappa shape index (κ3) is 3.54. The fraction of sp³-hybridized carbons (Fsp3) is 0.500. The van der Waals surface area contributed by atoms with Crippen molar-refractivity contribution >= 4 is 11.9 Å². The van der Waals surface area contributed by atoms with Crippen molar-refractivity contribution in [2.45, 2.75) is 44.2 Å². The number of amidine groups is 1. The van der Waals surface area contributed by atoms with Gasteiger partial charge in [0.05, 0.1) is 6.04 Å². The van der Waals surface area contributed by atoms with Gasteiger partial charge in [-0.3, -0.25) is 4.79 Å². The van der Waals surface area contributed by atoms with E-state index in [1.165, 1.54) is 12.0 Å². The van der Waals surface area contributed by atoms with Crippen LogP contribution in [0, 0.1) is 0 Å². The van der Waals surface area contributed by atoms with E-state index in [4.69, 9.17) is 10.5 Å². The molecule has 0 aromatic heterocycles. The quantitative estimate of drug-likeness (QED) is 0.864. The number of nitrogens with one attached hydrogen (secondary N) is 1. The summed E-state index contributed by atoms with van der Waals surface area (Å²) in [5, 5.41) is 3.05. The van der Waals surface area contributed by atoms with Gasteiger partial charge < -0.3 is 15.8 Å². The second-order valence-corrected chi connectivity index (χ2v) is 5.77. The lowest BCUT2D eigenvalue weighted by Gasteiger charge is -2.26. The summed E-state index contributed by atoms with van der Waals surface area (Å²) in [6, 6.07) is 8.65. The molecule has 21 heavy (non-hydrogen) atoms. The molecule has 5 heteroatoms. The maximum atomic E-state index is 12.0. The molecular weight excluding hydrogens is 266 g/mol. The van der Waals surface area contributed by atoms with Crippen LogP contribution in [0.2, 0.25) is 0 Å². The molecule has 0 saturated heterocycles. The molecule has 0 radical (unpaired) electrons. The van der Waals surface area contributed by atoms with Crippen LogP contribution in [0.4, 0.5) is 0 Å². The Morgan fingerprint density at radius 1 is 1.33 bits per heavy atom. The Kier molecular flexibility index (Phi) is 4.08. The van der Waals surface area contributed by atoms with Crippen molar-refractivity contribution in [1.29, 1.82) is 0 Å². The van der Waals surface area contributed by atoms with Gasteiger partial charge in [0.15, 0.2) is 0 Å². The van der Waals surface area contributed by atoms with Crippen molar-refractivity contribution < 1.29 is 9.53 Å². The Labute approximate surface area is 124 Å². The van der Waals surface area contributed by atoms with E-state index in [0.717, 1.165) is 31.2 Å². The van der Waals surface area contributed by atoms with Crippen molar-refractivity contribution in [2.75, 3.05) is 6.61 Å². The Hall–Kier alpha value is -2.04. The van der Waals surface area contributed by atoms with E-state index in [9.17, 15) is 4.79 Å². The van der Waals surface area contributed by atoms with Gasteiger partial charge in [-0.2, -0.15) is 0 Å². The molecule has 1 saturated carbocycles. The largest absolute Gasteiger partial charge is 0.463 e. The molecule has 2 aliphatic rings. The zero-order valence-electron chi connectivity index (χ0n) is 12.0. The van der Waals surface area contributed by atoms with Crippen LogP contribution in [-0.4, -0.2) is 30.6 Å². The number of nitrogens with two attached hydrogens (primary N) is 1. The molecule has 1 aromatic rings. The van der Waals surface area contributed by atoms with Gasteiger partial charge in [-0.15, -0.1) is 0 Å². The number of amides is 1. The molecule has 1 atom stereocenters. The molecule has 1 aliphatic heterocycles. The maximum absolute atomic E-state index is 12.0. The first kappa shape index (κ1) is 13.9. The van der Waals surface area contributed by atoms with Gasteiger partial charge in [0.1, 0.15) is 6.61 Å². The molecule has 5 nitrogen and oxygen atoms in total. The summed E-state index contributed by atoms with van der Waals surface area (Å²) >= 11 is 0. The second-order valence-electron chi connectivity index (χ2n) is 5.77. The van der Waals surface area contributed by atoms with Crippen molar-refractivity contribution in [3.63, 3.8) is 0 Å². The van der Waals surface area contributed by atoms with E-state index in [2.05, 4.69) is 10.3 Å². The first-order valence-corrected chi connectivity index (χ1v) is 7.56. The van der Waals surface area contributed by atoms with Gasteiger partial charge in [-0.1, -0.05) is 12.1 Å². The highest BCUT2D eigenvalue weighted by Gasteiger charge is 2.20. The summed E-state index contributed by atoms with van der Waals surface area (Å²) in [4.78, 5) is 16.2. The highest BCUT2D eigenvalue weighted by molar-refractivity contribution is 5.94. The molecule has 1 heterocycles. The van der Waals surface area contributed by atoms with Crippen LogP contribution in [0.5, 0.6) is 0 Å². The van der Waals surface area contributed by atoms with Crippen LogP contribution < -0.4 is 11.1 Å². The third-order valence-electron chi connectivity index (χ3n) is 4.16. The van der Waals surface area contributed by atoms with E-state index < -0.39 is 0 Å². The number of aliphatic imine (C=N–C) groups is 1. The monoisotopic (exact) mass is 287 g/mol. The molecule has 3 rings (SSSR count). The standard InChI is InChI=1S/C16H21N3O2/c17-16-19-14(10-21-16)9-6-11-4-7-12(8-5-11)15(20)18-13-2-1-3-13/h4-5,7-8,13-14H,1-3,6,9-10H2,(H2,17,19)(H,18,20). The minimum Gasteiger partial charge on any atom is -0.463 e. The number of carbonyl (C=O) groups excluding carboxylic acids is 1. The van der Waals surface area contributed by atoms with Crippen LogP contribution in [0.1, 0.15) is 41.6 Å². The average molecular weight is 287 g/mol. The van der Waals surface area contributed by atoms with Crippen molar-refractivity contribution in [3.8, 4) is 0 Å². The van der Waals surface area contributed by atoms with Crippen molar-refractivity contribution in [1.82, 2.24) is 5.32 Å². The number of rotatable bonds is 5. The van der Waals surface area contributed by atoms with Gasteiger partial charge in [-0.05, 0) is 49.8 Å². The van der Waals surface area contributed by atoms with Crippen LogP contribution in [0.15, 0.2) is 29.3 Å². The predicted octanol–water partition coefficient (Wildman–Crippen LogP) is 1.61. The minimum absolute atomic E-state index is 0.0350. The summed E-state index contributed by atoms with van der Waals surface area (Å²) in [5.74, 6) is 0.0350. The smallest absolute Gasteiger partial charge is 0.282 e. The Morgan fingerprint density at radius 3 is 2.67 bits per heavy atom. The number of benzene rings is 1. The summed E-state index contributed by atoms with van der Waals surface area (Å²) in [6.45, 7) is 0.577. The Balaban J connectivity index is 1.50. The predicted molar refractivity (Wildman–Crippen MR) is 81.2 cm³/mol. The van der Waals surface area contributed by atoms with Crippen LogP contribution in [0.25, 0.3) is 0 Å².